The molecule has 7 rings (SSSR count). The molecule has 0 aromatic carbocycles. The Balaban J connectivity index is 1.31. The summed E-state index contributed by atoms with van der Waals surface area (Å²) in [5.41, 5.74) is 1.39. The van der Waals surface area contributed by atoms with Crippen LogP contribution in [0.25, 0.3) is 22.2 Å². The maximum absolute atomic E-state index is 14.1. The zero-order valence-electron chi connectivity index (χ0n) is 29.3. The SMILES string of the molecule is [2H]C([2H])([2H])n1c(=O)n([C@@H]2CC[C@@H](NC(=O)OC)C2)c2cc(Nc3cc(C(=O)N4CCOCC4)c(-c4cnn(C)c4)c(OC4CCC4)n3)ncc21. The number of aromatic nitrogens is 6. The van der Waals surface area contributed by atoms with E-state index in [0.717, 1.165) is 23.8 Å². The second-order valence-corrected chi connectivity index (χ2v) is 12.2. The van der Waals surface area contributed by atoms with Crippen molar-refractivity contribution in [3.8, 4) is 17.0 Å². The predicted octanol–water partition coefficient (Wildman–Crippen LogP) is 3.13. The molecule has 1 aliphatic heterocycles. The number of morpholine rings is 1. The number of ether oxygens (including phenoxy) is 3. The van der Waals surface area contributed by atoms with Gasteiger partial charge in [0.2, 0.25) is 5.88 Å². The summed E-state index contributed by atoms with van der Waals surface area (Å²) in [5, 5.41) is 10.3. The molecule has 47 heavy (non-hydrogen) atoms. The van der Waals surface area contributed by atoms with E-state index in [1.807, 2.05) is 6.20 Å². The Labute approximate surface area is 275 Å². The Kier molecular flexibility index (Phi) is 7.36. The lowest BCUT2D eigenvalue weighted by Crippen LogP contribution is -2.41. The van der Waals surface area contributed by atoms with Crippen molar-refractivity contribution in [2.24, 2.45) is 14.0 Å². The maximum Gasteiger partial charge on any atom is 0.407 e. The second kappa shape index (κ2) is 12.7. The maximum atomic E-state index is 14.1. The molecule has 1 saturated heterocycles. The van der Waals surface area contributed by atoms with Gasteiger partial charge in [0.1, 0.15) is 17.7 Å². The molecule has 4 aromatic rings. The molecule has 15 nitrogen and oxygen atoms in total. The highest BCUT2D eigenvalue weighted by atomic mass is 16.5. The van der Waals surface area contributed by atoms with Crippen LogP contribution >= 0.6 is 0 Å². The standard InChI is InChI=1S/C32H39N9O6/c1-38-18-19(16-34-38)28-23(30(42)40-9-11-46-12-10-40)14-27(37-29(28)47-22-5-4-6-22)36-26-15-24-25(17-33-26)39(2)32(44)41(24)21-8-7-20(13-21)35-31(43)45-3/h14-18,20-22H,4-13H2,1-3H3,(H,35,43)(H,33,36,37)/t20-,21-/m1/s1/i2D3. The van der Waals surface area contributed by atoms with Crippen molar-refractivity contribution in [1.29, 1.82) is 0 Å². The van der Waals surface area contributed by atoms with Crippen molar-refractivity contribution in [2.45, 2.75) is 56.7 Å². The quantitative estimate of drug-likeness (QED) is 0.291. The van der Waals surface area contributed by atoms with Crippen molar-refractivity contribution in [2.75, 3.05) is 38.7 Å². The van der Waals surface area contributed by atoms with Crippen LogP contribution in [0, 0.1) is 0 Å². The lowest BCUT2D eigenvalue weighted by molar-refractivity contribution is 0.0302. The van der Waals surface area contributed by atoms with Crippen LogP contribution in [0.2, 0.25) is 0 Å². The van der Waals surface area contributed by atoms with Crippen molar-refractivity contribution in [3.05, 3.63) is 46.8 Å². The summed E-state index contributed by atoms with van der Waals surface area (Å²) >= 11 is 0. The first-order valence-electron chi connectivity index (χ1n) is 17.3. The lowest BCUT2D eigenvalue weighted by atomic mass is 9.96. The number of nitrogens with one attached hydrogen (secondary N) is 2. The zero-order chi connectivity index (χ0) is 35.2. The van der Waals surface area contributed by atoms with Crippen molar-refractivity contribution in [3.63, 3.8) is 0 Å². The molecule has 2 aliphatic carbocycles. The molecule has 2 atom stereocenters. The third kappa shape index (κ3) is 6.02. The predicted molar refractivity (Wildman–Crippen MR) is 172 cm³/mol. The minimum atomic E-state index is -2.76. The Hall–Kier alpha value is -4.92. The summed E-state index contributed by atoms with van der Waals surface area (Å²) in [6.07, 6.45) is 8.50. The largest absolute Gasteiger partial charge is 0.474 e. The van der Waals surface area contributed by atoms with E-state index in [1.54, 1.807) is 35.0 Å². The molecule has 0 unspecified atom stereocenters. The first-order valence-corrected chi connectivity index (χ1v) is 15.8. The minimum Gasteiger partial charge on any atom is -0.474 e. The summed E-state index contributed by atoms with van der Waals surface area (Å²) in [6, 6.07) is 2.62. The third-order valence-electron chi connectivity index (χ3n) is 9.13. The van der Waals surface area contributed by atoms with Gasteiger partial charge in [-0.15, -0.1) is 0 Å². The number of carbonyl (C=O) groups is 2. The van der Waals surface area contributed by atoms with Crippen LogP contribution in [-0.2, 0) is 23.5 Å². The van der Waals surface area contributed by atoms with Gasteiger partial charge in [0, 0.05) is 61.1 Å². The number of aryl methyl sites for hydroxylation is 2. The van der Waals surface area contributed by atoms with Crippen LogP contribution in [-0.4, -0.2) is 91.3 Å². The van der Waals surface area contributed by atoms with E-state index < -0.39 is 18.8 Å². The third-order valence-corrected chi connectivity index (χ3v) is 9.13. The zero-order valence-corrected chi connectivity index (χ0v) is 26.3. The summed E-state index contributed by atoms with van der Waals surface area (Å²) in [7, 11) is 3.08. The Morgan fingerprint density at radius 2 is 1.91 bits per heavy atom. The minimum absolute atomic E-state index is 0.0491. The Morgan fingerprint density at radius 1 is 1.09 bits per heavy atom. The van der Waals surface area contributed by atoms with Crippen molar-refractivity contribution in [1.82, 2.24) is 39.1 Å². The van der Waals surface area contributed by atoms with Crippen LogP contribution in [0.4, 0.5) is 16.4 Å². The molecular formula is C32H39N9O6. The number of pyridine rings is 2. The van der Waals surface area contributed by atoms with Crippen LogP contribution in [0.5, 0.6) is 5.88 Å². The molecular weight excluding hydrogens is 606 g/mol. The first-order chi connectivity index (χ1) is 24.0. The normalized spacial score (nSPS) is 21.1. The molecule has 15 heteroatoms. The number of hydrogen-bond acceptors (Lipinski definition) is 10. The monoisotopic (exact) mass is 648 g/mol. The summed E-state index contributed by atoms with van der Waals surface area (Å²) < 4.78 is 44.8. The molecule has 5 heterocycles. The number of alkyl carbamates (subject to hydrolysis) is 1. The van der Waals surface area contributed by atoms with E-state index >= 15 is 0 Å². The van der Waals surface area contributed by atoms with Gasteiger partial charge in [-0.2, -0.15) is 10.1 Å². The first kappa shape index (κ1) is 27.2. The van der Waals surface area contributed by atoms with Crippen molar-refractivity contribution < 1.29 is 27.9 Å². The van der Waals surface area contributed by atoms with Crippen molar-refractivity contribution >= 4 is 34.7 Å². The fourth-order valence-corrected chi connectivity index (χ4v) is 6.47. The van der Waals surface area contributed by atoms with Crippen LogP contribution in [0.15, 0.2) is 35.5 Å². The molecule has 3 fully saturated rings. The number of imidazole rings is 1. The lowest BCUT2D eigenvalue weighted by Gasteiger charge is -2.30. The van der Waals surface area contributed by atoms with Gasteiger partial charge >= 0.3 is 11.8 Å². The van der Waals surface area contributed by atoms with Gasteiger partial charge in [0.15, 0.2) is 0 Å². The van der Waals surface area contributed by atoms with Gasteiger partial charge < -0.3 is 29.7 Å². The molecule has 3 aliphatic rings. The van der Waals surface area contributed by atoms with Gasteiger partial charge in [-0.25, -0.2) is 14.6 Å². The van der Waals surface area contributed by atoms with E-state index in [4.69, 9.17) is 23.3 Å². The number of hydrogen-bond donors (Lipinski definition) is 2. The topological polar surface area (TPSA) is 160 Å². The summed E-state index contributed by atoms with van der Waals surface area (Å²) in [5.74, 6) is 0.630. The number of amides is 2. The van der Waals surface area contributed by atoms with E-state index in [1.165, 1.54) is 17.9 Å². The molecule has 248 valence electrons. The van der Waals surface area contributed by atoms with Gasteiger partial charge in [-0.1, -0.05) is 0 Å². The van der Waals surface area contributed by atoms with Gasteiger partial charge in [0.05, 0.1) is 54.9 Å². The van der Waals surface area contributed by atoms with E-state index in [9.17, 15) is 14.4 Å². The van der Waals surface area contributed by atoms with Crippen LogP contribution in [0.3, 0.4) is 0 Å². The number of methoxy groups -OCH3 is 1. The number of rotatable bonds is 8. The molecule has 0 spiro atoms. The van der Waals surface area contributed by atoms with Crippen LogP contribution in [0.1, 0.15) is 59.0 Å². The summed E-state index contributed by atoms with van der Waals surface area (Å²) in [6.45, 7) is -1.04. The van der Waals surface area contributed by atoms with E-state index in [0.29, 0.717) is 67.8 Å². The Bertz CT molecular complexity index is 1980. The average Bonchev–Trinajstić information content (AvgIpc) is 3.78. The highest BCUT2D eigenvalue weighted by Crippen LogP contribution is 2.38. The molecule has 2 amide bonds. The van der Waals surface area contributed by atoms with Gasteiger partial charge in [-0.3, -0.25) is 18.6 Å². The highest BCUT2D eigenvalue weighted by Gasteiger charge is 2.32. The number of carbonyl (C=O) groups excluding carboxylic acids is 2. The highest BCUT2D eigenvalue weighted by molar-refractivity contribution is 6.03. The summed E-state index contributed by atoms with van der Waals surface area (Å²) in [4.78, 5) is 50.8. The second-order valence-electron chi connectivity index (χ2n) is 12.2. The smallest absolute Gasteiger partial charge is 0.407 e. The van der Waals surface area contributed by atoms with Gasteiger partial charge in [0.25, 0.3) is 5.91 Å². The number of nitrogens with zero attached hydrogens (tertiary/aromatic N) is 7. The number of anilines is 2. The fraction of sp³-hybridized carbons (Fsp3) is 0.500. The molecule has 0 bridgehead atoms. The number of fused-ring (bicyclic) bond motifs is 1. The van der Waals surface area contributed by atoms with Gasteiger partial charge in [-0.05, 0) is 44.6 Å². The van der Waals surface area contributed by atoms with E-state index in [2.05, 4.69) is 20.7 Å². The van der Waals surface area contributed by atoms with Crippen LogP contribution < -0.4 is 21.1 Å². The Morgan fingerprint density at radius 3 is 2.62 bits per heavy atom. The molecule has 0 radical (unpaired) electrons. The molecule has 2 N–H and O–H groups in total. The molecule has 2 saturated carbocycles. The molecule has 4 aromatic heterocycles. The fourth-order valence-electron chi connectivity index (χ4n) is 6.47. The average molecular weight is 649 g/mol. The van der Waals surface area contributed by atoms with E-state index in [-0.39, 0.29) is 47.1 Å².